The van der Waals surface area contributed by atoms with E-state index in [1.807, 2.05) is 31.2 Å². The molecule has 0 radical (unpaired) electrons. The number of hydrogen-bond donors (Lipinski definition) is 1. The summed E-state index contributed by atoms with van der Waals surface area (Å²) in [4.78, 5) is 11.2. The maximum atomic E-state index is 11.2. The van der Waals surface area contributed by atoms with Gasteiger partial charge in [-0.1, -0.05) is 17.7 Å². The first kappa shape index (κ1) is 11.9. The first-order valence-electron chi connectivity index (χ1n) is 4.79. The lowest BCUT2D eigenvalue weighted by Crippen LogP contribution is -2.14. The minimum atomic E-state index is -0.441. The van der Waals surface area contributed by atoms with Crippen LogP contribution in [-0.2, 0) is 4.74 Å². The van der Waals surface area contributed by atoms with Gasteiger partial charge in [0.2, 0.25) is 0 Å². The molecule has 0 saturated heterocycles. The Balaban J connectivity index is 2.34. The third kappa shape index (κ3) is 4.70. The van der Waals surface area contributed by atoms with Crippen molar-refractivity contribution in [1.82, 2.24) is 0 Å². The Kier molecular flexibility index (Phi) is 4.98. The zero-order valence-electron chi connectivity index (χ0n) is 8.63. The molecule has 4 heteroatoms. The number of aryl methyl sites for hydroxylation is 1. The molecule has 15 heavy (non-hydrogen) atoms. The maximum absolute atomic E-state index is 11.2. The summed E-state index contributed by atoms with van der Waals surface area (Å²) in [6, 6.07) is 7.51. The van der Waals surface area contributed by atoms with E-state index in [9.17, 15) is 4.79 Å². The van der Waals surface area contributed by atoms with Gasteiger partial charge in [0, 0.05) is 11.6 Å². The topological polar surface area (TPSA) is 38.3 Å². The summed E-state index contributed by atoms with van der Waals surface area (Å²) in [6.07, 6.45) is 0.229. The van der Waals surface area contributed by atoms with Gasteiger partial charge in [-0.05, 0) is 25.5 Å². The van der Waals surface area contributed by atoms with Crippen LogP contribution in [0, 0.1) is 6.92 Å². The van der Waals surface area contributed by atoms with Crippen molar-refractivity contribution in [3.8, 4) is 0 Å². The van der Waals surface area contributed by atoms with Crippen molar-refractivity contribution in [2.45, 2.75) is 13.3 Å². The highest BCUT2D eigenvalue weighted by Crippen LogP contribution is 2.08. The van der Waals surface area contributed by atoms with Crippen molar-refractivity contribution in [1.29, 1.82) is 0 Å². The van der Waals surface area contributed by atoms with Crippen LogP contribution in [-0.4, -0.2) is 18.6 Å². The van der Waals surface area contributed by atoms with Crippen LogP contribution in [0.1, 0.15) is 12.0 Å². The molecule has 0 bridgehead atoms. The predicted octanol–water partition coefficient (Wildman–Crippen LogP) is 3.17. The van der Waals surface area contributed by atoms with Crippen LogP contribution in [0.15, 0.2) is 24.3 Å². The molecule has 0 fully saturated rings. The Bertz CT molecular complexity index is 311. The minimum absolute atomic E-state index is 0.348. The molecule has 82 valence electrons. The molecule has 1 amide bonds. The maximum Gasteiger partial charge on any atom is 0.411 e. The standard InChI is InChI=1S/C11H14ClNO2/c1-9-3-5-10(6-4-9)13-11(14)15-8-2-7-12/h3-6H,2,7-8H2,1H3,(H,13,14). The van der Waals surface area contributed by atoms with E-state index in [2.05, 4.69) is 5.32 Å². The molecule has 1 aromatic rings. The number of carbonyl (C=O) groups excluding carboxylic acids is 1. The van der Waals surface area contributed by atoms with Crippen LogP contribution >= 0.6 is 11.6 Å². The number of amides is 1. The van der Waals surface area contributed by atoms with Gasteiger partial charge in [-0.2, -0.15) is 0 Å². The van der Waals surface area contributed by atoms with E-state index in [0.717, 1.165) is 11.3 Å². The molecular formula is C11H14ClNO2. The summed E-state index contributed by atoms with van der Waals surface area (Å²) in [6.45, 7) is 2.34. The van der Waals surface area contributed by atoms with Crippen LogP contribution in [0.4, 0.5) is 10.5 Å². The van der Waals surface area contributed by atoms with Gasteiger partial charge in [-0.15, -0.1) is 11.6 Å². The largest absolute Gasteiger partial charge is 0.449 e. The monoisotopic (exact) mass is 227 g/mol. The molecule has 0 aliphatic heterocycles. The molecule has 0 spiro atoms. The van der Waals surface area contributed by atoms with E-state index in [0.29, 0.717) is 18.9 Å². The smallest absolute Gasteiger partial charge is 0.411 e. The summed E-state index contributed by atoms with van der Waals surface area (Å²) in [5.41, 5.74) is 1.88. The van der Waals surface area contributed by atoms with E-state index in [4.69, 9.17) is 16.3 Å². The Morgan fingerprint density at radius 1 is 1.40 bits per heavy atom. The quantitative estimate of drug-likeness (QED) is 0.634. The minimum Gasteiger partial charge on any atom is -0.449 e. The van der Waals surface area contributed by atoms with Crippen molar-refractivity contribution in [2.75, 3.05) is 17.8 Å². The van der Waals surface area contributed by atoms with Crippen molar-refractivity contribution >= 4 is 23.4 Å². The van der Waals surface area contributed by atoms with Gasteiger partial charge in [-0.25, -0.2) is 4.79 Å². The summed E-state index contributed by atoms with van der Waals surface area (Å²) in [5.74, 6) is 0.498. The lowest BCUT2D eigenvalue weighted by molar-refractivity contribution is 0.162. The highest BCUT2D eigenvalue weighted by molar-refractivity contribution is 6.17. The molecule has 3 nitrogen and oxygen atoms in total. The number of alkyl halides is 1. The van der Waals surface area contributed by atoms with Crippen LogP contribution in [0.2, 0.25) is 0 Å². The van der Waals surface area contributed by atoms with Crippen molar-refractivity contribution in [3.63, 3.8) is 0 Å². The molecule has 0 aliphatic rings. The fraction of sp³-hybridized carbons (Fsp3) is 0.364. The molecule has 0 saturated carbocycles. The summed E-state index contributed by atoms with van der Waals surface area (Å²) < 4.78 is 4.88. The number of benzene rings is 1. The first-order valence-corrected chi connectivity index (χ1v) is 5.32. The molecule has 0 unspecified atom stereocenters. The Morgan fingerprint density at radius 3 is 2.67 bits per heavy atom. The van der Waals surface area contributed by atoms with E-state index in [1.165, 1.54) is 0 Å². The SMILES string of the molecule is Cc1ccc(NC(=O)OCCCCl)cc1. The number of halogens is 1. The Hall–Kier alpha value is -1.22. The first-order chi connectivity index (χ1) is 7.22. The Labute approximate surface area is 94.4 Å². The number of ether oxygens (including phenoxy) is 1. The van der Waals surface area contributed by atoms with Crippen molar-refractivity contribution < 1.29 is 9.53 Å². The summed E-state index contributed by atoms with van der Waals surface area (Å²) in [7, 11) is 0. The van der Waals surface area contributed by atoms with Gasteiger partial charge in [0.1, 0.15) is 0 Å². The van der Waals surface area contributed by atoms with Gasteiger partial charge in [0.25, 0.3) is 0 Å². The second kappa shape index (κ2) is 6.30. The number of nitrogens with one attached hydrogen (secondary N) is 1. The number of hydrogen-bond acceptors (Lipinski definition) is 2. The second-order valence-corrected chi connectivity index (χ2v) is 3.55. The molecule has 1 aromatic carbocycles. The van der Waals surface area contributed by atoms with Gasteiger partial charge >= 0.3 is 6.09 Å². The molecule has 0 aliphatic carbocycles. The Morgan fingerprint density at radius 2 is 2.07 bits per heavy atom. The molecule has 1 N–H and O–H groups in total. The lowest BCUT2D eigenvalue weighted by Gasteiger charge is -2.06. The van der Waals surface area contributed by atoms with E-state index < -0.39 is 6.09 Å². The average molecular weight is 228 g/mol. The fourth-order valence-electron chi connectivity index (χ4n) is 1.01. The summed E-state index contributed by atoms with van der Waals surface area (Å²) in [5, 5.41) is 2.62. The van der Waals surface area contributed by atoms with Gasteiger partial charge in [0.05, 0.1) is 6.61 Å². The highest BCUT2D eigenvalue weighted by atomic mass is 35.5. The third-order valence-corrected chi connectivity index (χ3v) is 2.08. The van der Waals surface area contributed by atoms with Gasteiger partial charge in [-0.3, -0.25) is 5.32 Å². The molecule has 0 aromatic heterocycles. The van der Waals surface area contributed by atoms with Crippen LogP contribution in [0.25, 0.3) is 0 Å². The molecule has 1 rings (SSSR count). The number of anilines is 1. The zero-order chi connectivity index (χ0) is 11.1. The highest BCUT2D eigenvalue weighted by Gasteiger charge is 2.01. The average Bonchev–Trinajstić information content (AvgIpc) is 2.22. The lowest BCUT2D eigenvalue weighted by atomic mass is 10.2. The number of rotatable bonds is 4. The van der Waals surface area contributed by atoms with Crippen LogP contribution < -0.4 is 5.32 Å². The third-order valence-electron chi connectivity index (χ3n) is 1.81. The molecular weight excluding hydrogens is 214 g/mol. The molecule has 0 heterocycles. The van der Waals surface area contributed by atoms with Crippen LogP contribution in [0.5, 0.6) is 0 Å². The second-order valence-electron chi connectivity index (χ2n) is 3.17. The predicted molar refractivity (Wildman–Crippen MR) is 61.5 cm³/mol. The fourth-order valence-corrected chi connectivity index (χ4v) is 1.12. The van der Waals surface area contributed by atoms with Gasteiger partial charge < -0.3 is 4.74 Å². The zero-order valence-corrected chi connectivity index (χ0v) is 9.38. The molecule has 0 atom stereocenters. The summed E-state index contributed by atoms with van der Waals surface area (Å²) >= 11 is 5.45. The normalized spacial score (nSPS) is 9.73. The van der Waals surface area contributed by atoms with E-state index in [-0.39, 0.29) is 0 Å². The van der Waals surface area contributed by atoms with Crippen LogP contribution in [0.3, 0.4) is 0 Å². The van der Waals surface area contributed by atoms with Crippen molar-refractivity contribution in [3.05, 3.63) is 29.8 Å². The number of carbonyl (C=O) groups is 1. The van der Waals surface area contributed by atoms with Crippen molar-refractivity contribution in [2.24, 2.45) is 0 Å². The van der Waals surface area contributed by atoms with E-state index in [1.54, 1.807) is 0 Å². The van der Waals surface area contributed by atoms with E-state index >= 15 is 0 Å². The van der Waals surface area contributed by atoms with Gasteiger partial charge in [0.15, 0.2) is 0 Å².